The summed E-state index contributed by atoms with van der Waals surface area (Å²) >= 11 is 0. The Morgan fingerprint density at radius 3 is 2.54 bits per heavy atom. The molecule has 0 radical (unpaired) electrons. The van der Waals surface area contributed by atoms with Crippen LogP contribution >= 0.6 is 12.4 Å². The van der Waals surface area contributed by atoms with Gasteiger partial charge in [0.05, 0.1) is 17.6 Å². The van der Waals surface area contributed by atoms with Crippen LogP contribution in [0.4, 0.5) is 4.39 Å². The molecule has 3 aromatic carbocycles. The third-order valence-corrected chi connectivity index (χ3v) is 6.38. The van der Waals surface area contributed by atoms with Gasteiger partial charge in [-0.05, 0) is 82.8 Å². The van der Waals surface area contributed by atoms with Crippen molar-refractivity contribution in [2.75, 3.05) is 7.05 Å². The van der Waals surface area contributed by atoms with E-state index < -0.39 is 5.91 Å². The van der Waals surface area contributed by atoms with Gasteiger partial charge >= 0.3 is 0 Å². The fourth-order valence-electron chi connectivity index (χ4n) is 4.42. The molecular formula is C30H26ClFN2O3. The summed E-state index contributed by atoms with van der Waals surface area (Å²) in [7, 11) is 1.29. The van der Waals surface area contributed by atoms with Crippen molar-refractivity contribution >= 4 is 46.4 Å². The number of halogens is 2. The van der Waals surface area contributed by atoms with Crippen molar-refractivity contribution in [2.24, 2.45) is 0 Å². The van der Waals surface area contributed by atoms with Crippen molar-refractivity contribution < 1.29 is 19.1 Å². The minimum Gasteiger partial charge on any atom is -0.487 e. The van der Waals surface area contributed by atoms with E-state index in [0.29, 0.717) is 22.8 Å². The maximum absolute atomic E-state index is 14.0. The highest BCUT2D eigenvalue weighted by molar-refractivity contribution is 6.08. The second kappa shape index (κ2) is 10.9. The molecule has 0 fully saturated rings. The summed E-state index contributed by atoms with van der Waals surface area (Å²) in [4.78, 5) is 16.8. The van der Waals surface area contributed by atoms with Crippen LogP contribution in [0.3, 0.4) is 0 Å². The highest BCUT2D eigenvalue weighted by atomic mass is 35.5. The lowest BCUT2D eigenvalue weighted by Crippen LogP contribution is -2.22. The lowest BCUT2D eigenvalue weighted by atomic mass is 10.0. The van der Waals surface area contributed by atoms with E-state index in [4.69, 9.17) is 4.74 Å². The van der Waals surface area contributed by atoms with Crippen molar-refractivity contribution in [3.63, 3.8) is 0 Å². The Morgan fingerprint density at radius 2 is 1.78 bits per heavy atom. The molecule has 0 unspecified atom stereocenters. The van der Waals surface area contributed by atoms with Crippen LogP contribution < -0.4 is 4.74 Å². The third kappa shape index (κ3) is 5.56. The molecule has 7 heteroatoms. The molecule has 5 rings (SSSR count). The lowest BCUT2D eigenvalue weighted by Gasteiger charge is -2.10. The molecule has 1 aliphatic rings. The Labute approximate surface area is 220 Å². The van der Waals surface area contributed by atoms with E-state index in [2.05, 4.69) is 4.98 Å². The number of para-hydroxylation sites is 1. The topological polar surface area (TPSA) is 62.7 Å². The number of rotatable bonds is 6. The van der Waals surface area contributed by atoms with E-state index in [1.807, 2.05) is 73.7 Å². The first-order valence-corrected chi connectivity index (χ1v) is 11.6. The zero-order chi connectivity index (χ0) is 25.2. The Bertz CT molecular complexity index is 1530. The second-order valence-electron chi connectivity index (χ2n) is 8.80. The molecule has 1 aliphatic carbocycles. The summed E-state index contributed by atoms with van der Waals surface area (Å²) in [5, 5.41) is 11.2. The van der Waals surface area contributed by atoms with Crippen LogP contribution in [0.25, 0.3) is 28.1 Å². The molecule has 1 N–H and O–H groups in total. The van der Waals surface area contributed by atoms with Gasteiger partial charge in [-0.15, -0.1) is 12.4 Å². The van der Waals surface area contributed by atoms with Gasteiger partial charge in [-0.25, -0.2) is 14.4 Å². The number of allylic oxidation sites excluding steroid dienone is 2. The summed E-state index contributed by atoms with van der Waals surface area (Å²) in [5.41, 5.74) is 6.79. The molecule has 0 atom stereocenters. The van der Waals surface area contributed by atoms with Crippen molar-refractivity contribution in [1.82, 2.24) is 10.0 Å². The Balaban J connectivity index is 0.00000320. The van der Waals surface area contributed by atoms with E-state index in [1.54, 1.807) is 6.07 Å². The molecule has 1 amide bonds. The highest BCUT2D eigenvalue weighted by Crippen LogP contribution is 2.44. The average Bonchev–Trinajstić information content (AvgIpc) is 3.13. The van der Waals surface area contributed by atoms with Gasteiger partial charge in [0.15, 0.2) is 0 Å². The fraction of sp³-hybridized carbons (Fsp3) is 0.133. The monoisotopic (exact) mass is 516 g/mol. The van der Waals surface area contributed by atoms with Gasteiger partial charge in [-0.3, -0.25) is 10.0 Å². The normalized spacial score (nSPS) is 13.5. The molecule has 188 valence electrons. The zero-order valence-electron chi connectivity index (χ0n) is 20.4. The summed E-state index contributed by atoms with van der Waals surface area (Å²) < 4.78 is 20.0. The van der Waals surface area contributed by atoms with Gasteiger partial charge in [0.1, 0.15) is 18.2 Å². The number of ether oxygens (including phenoxy) is 1. The van der Waals surface area contributed by atoms with E-state index >= 15 is 0 Å². The number of aromatic nitrogens is 1. The third-order valence-electron chi connectivity index (χ3n) is 6.38. The van der Waals surface area contributed by atoms with Gasteiger partial charge in [0, 0.05) is 12.4 Å². The first-order valence-electron chi connectivity index (χ1n) is 11.6. The van der Waals surface area contributed by atoms with Crippen molar-refractivity contribution in [3.8, 4) is 5.75 Å². The molecule has 0 bridgehead atoms. The highest BCUT2D eigenvalue weighted by Gasteiger charge is 2.26. The average molecular weight is 517 g/mol. The number of benzene rings is 3. The molecule has 1 aromatic heterocycles. The molecule has 37 heavy (non-hydrogen) atoms. The van der Waals surface area contributed by atoms with Crippen LogP contribution in [0, 0.1) is 5.82 Å². The largest absolute Gasteiger partial charge is 0.487 e. The Hall–Kier alpha value is -4.00. The fourth-order valence-corrected chi connectivity index (χ4v) is 4.42. The molecule has 0 spiro atoms. The van der Waals surface area contributed by atoms with Gasteiger partial charge in [0.25, 0.3) is 0 Å². The first-order chi connectivity index (χ1) is 17.4. The molecule has 1 heterocycles. The molecule has 0 saturated carbocycles. The smallest absolute Gasteiger partial charge is 0.250 e. The number of carbonyl (C=O) groups excluding carboxylic acids is 1. The predicted octanol–water partition coefficient (Wildman–Crippen LogP) is 6.94. The van der Waals surface area contributed by atoms with Gasteiger partial charge in [-0.2, -0.15) is 0 Å². The Kier molecular flexibility index (Phi) is 7.71. The molecule has 0 saturated heterocycles. The SMILES string of the molecule is CC1=C(CC(=O)N(C)O)c2cc(F)ccc2/C1=C\c1ccc(OCc2ccc3ccccc3n2)cc1.Cl. The van der Waals surface area contributed by atoms with Crippen molar-refractivity contribution in [3.05, 3.63) is 113 Å². The van der Waals surface area contributed by atoms with Crippen LogP contribution in [0.15, 0.2) is 84.4 Å². The predicted molar refractivity (Wildman–Crippen MR) is 146 cm³/mol. The quantitative estimate of drug-likeness (QED) is 0.223. The van der Waals surface area contributed by atoms with Crippen LogP contribution in [0.5, 0.6) is 5.75 Å². The minimum absolute atomic E-state index is 0. The van der Waals surface area contributed by atoms with Crippen LogP contribution in [0.2, 0.25) is 0 Å². The van der Waals surface area contributed by atoms with Crippen LogP contribution in [0.1, 0.15) is 35.7 Å². The van der Waals surface area contributed by atoms with Gasteiger partial charge < -0.3 is 4.74 Å². The maximum atomic E-state index is 14.0. The van der Waals surface area contributed by atoms with E-state index in [0.717, 1.165) is 44.6 Å². The molecular weight excluding hydrogens is 491 g/mol. The number of amides is 1. The number of carbonyl (C=O) groups is 1. The molecule has 5 nitrogen and oxygen atoms in total. The standard InChI is InChI=1S/C30H25FN2O3.ClH/c1-19-26(25-14-10-22(31)16-28(25)27(19)17-30(34)33(2)35)15-20-7-12-24(13-8-20)36-18-23-11-9-21-5-3-4-6-29(21)32-23;/h3-16,35H,17-18H2,1-2H3;1H/b26-15-;. The van der Waals surface area contributed by atoms with E-state index in [-0.39, 0.29) is 24.6 Å². The number of fused-ring (bicyclic) bond motifs is 2. The van der Waals surface area contributed by atoms with Gasteiger partial charge in [0.2, 0.25) is 5.91 Å². The van der Waals surface area contributed by atoms with Crippen molar-refractivity contribution in [1.29, 1.82) is 0 Å². The molecule has 0 aliphatic heterocycles. The van der Waals surface area contributed by atoms with Crippen molar-refractivity contribution in [2.45, 2.75) is 20.0 Å². The van der Waals surface area contributed by atoms with Crippen LogP contribution in [-0.2, 0) is 11.4 Å². The minimum atomic E-state index is -0.455. The number of pyridine rings is 1. The lowest BCUT2D eigenvalue weighted by molar-refractivity contribution is -0.157. The van der Waals surface area contributed by atoms with E-state index in [9.17, 15) is 14.4 Å². The summed E-state index contributed by atoms with van der Waals surface area (Å²) in [6, 6.07) is 24.3. The summed E-state index contributed by atoms with van der Waals surface area (Å²) in [6.07, 6.45) is 2.00. The summed E-state index contributed by atoms with van der Waals surface area (Å²) in [5.74, 6) is -0.0961. The van der Waals surface area contributed by atoms with Crippen LogP contribution in [-0.4, -0.2) is 28.2 Å². The first kappa shape index (κ1) is 26.1. The number of nitrogens with zero attached hydrogens (tertiary/aromatic N) is 2. The number of hydroxylamine groups is 2. The summed E-state index contributed by atoms with van der Waals surface area (Å²) in [6.45, 7) is 2.28. The zero-order valence-corrected chi connectivity index (χ0v) is 21.3. The second-order valence-corrected chi connectivity index (χ2v) is 8.80. The Morgan fingerprint density at radius 1 is 1.03 bits per heavy atom. The number of hydrogen-bond donors (Lipinski definition) is 1. The van der Waals surface area contributed by atoms with E-state index in [1.165, 1.54) is 19.2 Å². The molecule has 4 aromatic rings. The van der Waals surface area contributed by atoms with Gasteiger partial charge in [-0.1, -0.05) is 42.5 Å². The number of hydrogen-bond acceptors (Lipinski definition) is 4. The maximum Gasteiger partial charge on any atom is 0.250 e.